The van der Waals surface area contributed by atoms with E-state index in [9.17, 15) is 4.79 Å². The van der Waals surface area contributed by atoms with Crippen LogP contribution in [0.1, 0.15) is 57.8 Å². The highest BCUT2D eigenvalue weighted by Crippen LogP contribution is 2.26. The van der Waals surface area contributed by atoms with Crippen LogP contribution in [0.5, 0.6) is 0 Å². The molecule has 1 amide bonds. The molecule has 2 N–H and O–H groups in total. The Bertz CT molecular complexity index is 328. The van der Waals surface area contributed by atoms with Gasteiger partial charge in [0.25, 0.3) is 0 Å². The molecule has 1 aliphatic carbocycles. The minimum Gasteiger partial charge on any atom is -0.352 e. The predicted molar refractivity (Wildman–Crippen MR) is 80.6 cm³/mol. The van der Waals surface area contributed by atoms with Crippen LogP contribution in [-0.2, 0) is 4.79 Å². The molecule has 20 heavy (non-hydrogen) atoms. The van der Waals surface area contributed by atoms with Gasteiger partial charge < -0.3 is 10.6 Å². The van der Waals surface area contributed by atoms with E-state index >= 15 is 0 Å². The molecule has 114 valence electrons. The van der Waals surface area contributed by atoms with E-state index in [1.54, 1.807) is 0 Å². The van der Waals surface area contributed by atoms with Crippen LogP contribution in [-0.4, -0.2) is 48.6 Å². The third-order valence-electron chi connectivity index (χ3n) is 5.35. The zero-order valence-corrected chi connectivity index (χ0v) is 12.6. The van der Waals surface area contributed by atoms with Crippen LogP contribution >= 0.6 is 0 Å². The summed E-state index contributed by atoms with van der Waals surface area (Å²) in [5.74, 6) is 0.200. The summed E-state index contributed by atoms with van der Waals surface area (Å²) in [7, 11) is 0. The number of piperidine rings is 1. The van der Waals surface area contributed by atoms with Crippen molar-refractivity contribution in [3.8, 4) is 0 Å². The standard InChI is InChI=1S/C16H29N3O/c20-16(18-13-6-2-1-3-7-13)12-17-14-9-11-19-10-5-4-8-15(14)19/h13-15,17H,1-12H2,(H,18,20). The number of carbonyl (C=O) groups excluding carboxylic acids is 1. The number of amides is 1. The molecule has 4 nitrogen and oxygen atoms in total. The third kappa shape index (κ3) is 3.53. The maximum atomic E-state index is 12.0. The lowest BCUT2D eigenvalue weighted by atomic mass is 9.95. The van der Waals surface area contributed by atoms with Crippen LogP contribution in [0, 0.1) is 0 Å². The molecule has 2 saturated heterocycles. The largest absolute Gasteiger partial charge is 0.352 e. The van der Waals surface area contributed by atoms with E-state index in [1.807, 2.05) is 0 Å². The first-order valence-corrected chi connectivity index (χ1v) is 8.60. The van der Waals surface area contributed by atoms with Crippen molar-refractivity contribution in [3.05, 3.63) is 0 Å². The van der Waals surface area contributed by atoms with Crippen LogP contribution in [0.15, 0.2) is 0 Å². The molecule has 0 aromatic carbocycles. The second-order valence-corrected chi connectivity index (χ2v) is 6.78. The minimum atomic E-state index is 0.200. The lowest BCUT2D eigenvalue weighted by Gasteiger charge is -2.32. The Labute approximate surface area is 122 Å². The second-order valence-electron chi connectivity index (χ2n) is 6.78. The summed E-state index contributed by atoms with van der Waals surface area (Å²) in [4.78, 5) is 14.7. The fourth-order valence-corrected chi connectivity index (χ4v) is 4.23. The van der Waals surface area contributed by atoms with Crippen molar-refractivity contribution in [2.45, 2.75) is 75.9 Å². The van der Waals surface area contributed by atoms with E-state index in [1.165, 1.54) is 70.9 Å². The Morgan fingerprint density at radius 2 is 1.75 bits per heavy atom. The van der Waals surface area contributed by atoms with Crippen molar-refractivity contribution < 1.29 is 4.79 Å². The molecule has 0 aromatic heterocycles. The van der Waals surface area contributed by atoms with Gasteiger partial charge in [-0.25, -0.2) is 0 Å². The molecule has 2 unspecified atom stereocenters. The summed E-state index contributed by atoms with van der Waals surface area (Å²) in [5, 5.41) is 6.72. The van der Waals surface area contributed by atoms with Crippen molar-refractivity contribution in [2.24, 2.45) is 0 Å². The summed E-state index contributed by atoms with van der Waals surface area (Å²) in [5.41, 5.74) is 0. The molecule has 0 spiro atoms. The Hall–Kier alpha value is -0.610. The smallest absolute Gasteiger partial charge is 0.234 e. The summed E-state index contributed by atoms with van der Waals surface area (Å²) in [6.07, 6.45) is 11.5. The van der Waals surface area contributed by atoms with E-state index in [0.717, 1.165) is 0 Å². The average molecular weight is 279 g/mol. The molecule has 3 aliphatic rings. The monoisotopic (exact) mass is 279 g/mol. The Balaban J connectivity index is 1.39. The molecule has 0 aromatic rings. The Morgan fingerprint density at radius 3 is 2.60 bits per heavy atom. The topological polar surface area (TPSA) is 44.4 Å². The van der Waals surface area contributed by atoms with E-state index in [-0.39, 0.29) is 5.91 Å². The first-order valence-electron chi connectivity index (χ1n) is 8.60. The van der Waals surface area contributed by atoms with Gasteiger partial charge in [0.1, 0.15) is 0 Å². The number of hydrogen-bond donors (Lipinski definition) is 2. The Kier molecular flexibility index (Phi) is 4.94. The highest BCUT2D eigenvalue weighted by Gasteiger charge is 2.35. The van der Waals surface area contributed by atoms with Crippen molar-refractivity contribution in [3.63, 3.8) is 0 Å². The van der Waals surface area contributed by atoms with Crippen LogP contribution in [0.2, 0.25) is 0 Å². The molecule has 2 atom stereocenters. The van der Waals surface area contributed by atoms with Gasteiger partial charge in [-0.3, -0.25) is 9.69 Å². The summed E-state index contributed by atoms with van der Waals surface area (Å²) < 4.78 is 0. The first-order chi connectivity index (χ1) is 9.83. The van der Waals surface area contributed by atoms with Gasteiger partial charge in [-0.05, 0) is 38.6 Å². The number of fused-ring (bicyclic) bond motifs is 1. The van der Waals surface area contributed by atoms with E-state index in [2.05, 4.69) is 15.5 Å². The van der Waals surface area contributed by atoms with Crippen LogP contribution < -0.4 is 10.6 Å². The van der Waals surface area contributed by atoms with Crippen molar-refractivity contribution in [2.75, 3.05) is 19.6 Å². The van der Waals surface area contributed by atoms with Crippen molar-refractivity contribution in [1.82, 2.24) is 15.5 Å². The van der Waals surface area contributed by atoms with Crippen LogP contribution in [0.25, 0.3) is 0 Å². The Morgan fingerprint density at radius 1 is 0.950 bits per heavy atom. The summed E-state index contributed by atoms with van der Waals surface area (Å²) >= 11 is 0. The normalized spacial score (nSPS) is 32.0. The maximum Gasteiger partial charge on any atom is 0.234 e. The van der Waals surface area contributed by atoms with E-state index in [4.69, 9.17) is 0 Å². The highest BCUT2D eigenvalue weighted by atomic mass is 16.2. The lowest BCUT2D eigenvalue weighted by Crippen LogP contribution is -2.48. The molecular formula is C16H29N3O. The molecule has 2 heterocycles. The van der Waals surface area contributed by atoms with E-state index < -0.39 is 0 Å². The molecule has 3 rings (SSSR count). The van der Waals surface area contributed by atoms with Gasteiger partial charge in [0, 0.05) is 24.7 Å². The highest BCUT2D eigenvalue weighted by molar-refractivity contribution is 5.78. The van der Waals surface area contributed by atoms with E-state index in [0.29, 0.717) is 24.7 Å². The van der Waals surface area contributed by atoms with Gasteiger partial charge in [0.05, 0.1) is 6.54 Å². The number of nitrogens with zero attached hydrogens (tertiary/aromatic N) is 1. The average Bonchev–Trinajstić information content (AvgIpc) is 2.89. The minimum absolute atomic E-state index is 0.200. The van der Waals surface area contributed by atoms with Gasteiger partial charge >= 0.3 is 0 Å². The number of hydrogen-bond acceptors (Lipinski definition) is 3. The molecule has 0 bridgehead atoms. The van der Waals surface area contributed by atoms with Gasteiger partial charge in [-0.2, -0.15) is 0 Å². The molecule has 1 saturated carbocycles. The molecular weight excluding hydrogens is 250 g/mol. The SMILES string of the molecule is O=C(CNC1CCN2CCCCC12)NC1CCCCC1. The zero-order chi connectivity index (χ0) is 13.8. The number of nitrogens with one attached hydrogen (secondary N) is 2. The van der Waals surface area contributed by atoms with Gasteiger partial charge in [-0.1, -0.05) is 25.7 Å². The summed E-state index contributed by atoms with van der Waals surface area (Å²) in [6, 6.07) is 1.66. The van der Waals surface area contributed by atoms with Crippen molar-refractivity contribution >= 4 is 5.91 Å². The first kappa shape index (κ1) is 14.3. The van der Waals surface area contributed by atoms with Gasteiger partial charge in [0.2, 0.25) is 5.91 Å². The molecule has 4 heteroatoms. The van der Waals surface area contributed by atoms with Gasteiger partial charge in [-0.15, -0.1) is 0 Å². The summed E-state index contributed by atoms with van der Waals surface area (Å²) in [6.45, 7) is 2.98. The molecule has 3 fully saturated rings. The molecule has 0 radical (unpaired) electrons. The maximum absolute atomic E-state index is 12.0. The van der Waals surface area contributed by atoms with Crippen LogP contribution in [0.4, 0.5) is 0 Å². The zero-order valence-electron chi connectivity index (χ0n) is 12.6. The lowest BCUT2D eigenvalue weighted by molar-refractivity contribution is -0.121. The predicted octanol–water partition coefficient (Wildman–Crippen LogP) is 1.65. The van der Waals surface area contributed by atoms with Crippen molar-refractivity contribution in [1.29, 1.82) is 0 Å². The fourth-order valence-electron chi connectivity index (χ4n) is 4.23. The number of carbonyl (C=O) groups is 1. The quantitative estimate of drug-likeness (QED) is 0.822. The molecule has 2 aliphatic heterocycles. The van der Waals surface area contributed by atoms with Gasteiger partial charge in [0.15, 0.2) is 0 Å². The fraction of sp³-hybridized carbons (Fsp3) is 0.938. The second kappa shape index (κ2) is 6.90. The van der Waals surface area contributed by atoms with Crippen LogP contribution in [0.3, 0.4) is 0 Å². The number of rotatable bonds is 4. The third-order valence-corrected chi connectivity index (χ3v) is 5.35.